The van der Waals surface area contributed by atoms with Gasteiger partial charge in [0.05, 0.1) is 19.3 Å². The standard InChI is InChI=1S/C16H21N3O2/c1-3-8-21-14-6-4-13(5-7-14)15(17)11-19-16(20)9-12(2)10-18-19/h4-7,9-10,15H,3,8,11,17H2,1-2H3. The lowest BCUT2D eigenvalue weighted by Gasteiger charge is -2.14. The topological polar surface area (TPSA) is 70.1 Å². The lowest BCUT2D eigenvalue weighted by atomic mass is 10.1. The molecule has 1 atom stereocenters. The van der Waals surface area contributed by atoms with Gasteiger partial charge in [0, 0.05) is 12.1 Å². The number of nitrogens with zero attached hydrogens (tertiary/aromatic N) is 2. The van der Waals surface area contributed by atoms with E-state index < -0.39 is 0 Å². The van der Waals surface area contributed by atoms with Gasteiger partial charge in [-0.05, 0) is 36.6 Å². The fraction of sp³-hybridized carbons (Fsp3) is 0.375. The predicted octanol–water partition coefficient (Wildman–Crippen LogP) is 2.04. The maximum atomic E-state index is 11.8. The summed E-state index contributed by atoms with van der Waals surface area (Å²) in [5.41, 5.74) is 7.81. The Morgan fingerprint density at radius 3 is 2.67 bits per heavy atom. The highest BCUT2D eigenvalue weighted by atomic mass is 16.5. The summed E-state index contributed by atoms with van der Waals surface area (Å²) in [6.07, 6.45) is 2.64. The Kier molecular flexibility index (Phi) is 5.11. The first-order chi connectivity index (χ1) is 10.1. The second-order valence-electron chi connectivity index (χ2n) is 5.08. The first-order valence-electron chi connectivity index (χ1n) is 7.12. The van der Waals surface area contributed by atoms with Crippen molar-refractivity contribution < 1.29 is 4.74 Å². The summed E-state index contributed by atoms with van der Waals surface area (Å²) in [5, 5.41) is 4.10. The van der Waals surface area contributed by atoms with Crippen LogP contribution in [0.2, 0.25) is 0 Å². The van der Waals surface area contributed by atoms with Crippen LogP contribution in [0.1, 0.15) is 30.5 Å². The maximum Gasteiger partial charge on any atom is 0.267 e. The molecule has 21 heavy (non-hydrogen) atoms. The highest BCUT2D eigenvalue weighted by molar-refractivity contribution is 5.29. The molecule has 5 nitrogen and oxygen atoms in total. The van der Waals surface area contributed by atoms with E-state index in [-0.39, 0.29) is 11.6 Å². The molecule has 2 aromatic rings. The van der Waals surface area contributed by atoms with Crippen molar-refractivity contribution in [3.8, 4) is 5.75 Å². The molecule has 0 aliphatic rings. The van der Waals surface area contributed by atoms with E-state index in [0.29, 0.717) is 13.2 Å². The number of rotatable bonds is 6. The van der Waals surface area contributed by atoms with Crippen molar-refractivity contribution in [2.45, 2.75) is 32.9 Å². The molecule has 1 unspecified atom stereocenters. The monoisotopic (exact) mass is 287 g/mol. The maximum absolute atomic E-state index is 11.8. The molecule has 2 N–H and O–H groups in total. The van der Waals surface area contributed by atoms with E-state index in [1.807, 2.05) is 31.2 Å². The number of nitrogens with two attached hydrogens (primary N) is 1. The molecule has 1 aromatic carbocycles. The van der Waals surface area contributed by atoms with E-state index in [1.165, 1.54) is 4.68 Å². The van der Waals surface area contributed by atoms with Gasteiger partial charge >= 0.3 is 0 Å². The average Bonchev–Trinajstić information content (AvgIpc) is 2.48. The summed E-state index contributed by atoms with van der Waals surface area (Å²) in [6, 6.07) is 8.93. The lowest BCUT2D eigenvalue weighted by Crippen LogP contribution is -2.28. The predicted molar refractivity (Wildman–Crippen MR) is 82.4 cm³/mol. The number of hydrogen-bond acceptors (Lipinski definition) is 4. The van der Waals surface area contributed by atoms with Crippen LogP contribution in [-0.2, 0) is 6.54 Å². The number of hydrogen-bond donors (Lipinski definition) is 1. The zero-order valence-corrected chi connectivity index (χ0v) is 12.5. The number of ether oxygens (including phenoxy) is 1. The van der Waals surface area contributed by atoms with Crippen LogP contribution in [0.15, 0.2) is 41.3 Å². The van der Waals surface area contributed by atoms with E-state index >= 15 is 0 Å². The van der Waals surface area contributed by atoms with E-state index in [0.717, 1.165) is 23.3 Å². The van der Waals surface area contributed by atoms with Gasteiger partial charge in [-0.15, -0.1) is 0 Å². The molecule has 2 rings (SSSR count). The van der Waals surface area contributed by atoms with Gasteiger partial charge in [0.15, 0.2) is 0 Å². The summed E-state index contributed by atoms with van der Waals surface area (Å²) in [7, 11) is 0. The summed E-state index contributed by atoms with van der Waals surface area (Å²) in [6.45, 7) is 4.96. The Bertz CT molecular complexity index is 635. The van der Waals surface area contributed by atoms with Crippen molar-refractivity contribution in [2.24, 2.45) is 5.73 Å². The van der Waals surface area contributed by atoms with Gasteiger partial charge in [0.2, 0.25) is 0 Å². The molecule has 0 spiro atoms. The van der Waals surface area contributed by atoms with Crippen LogP contribution >= 0.6 is 0 Å². The van der Waals surface area contributed by atoms with Crippen molar-refractivity contribution >= 4 is 0 Å². The third-order valence-electron chi connectivity index (χ3n) is 3.16. The third-order valence-corrected chi connectivity index (χ3v) is 3.16. The molecule has 112 valence electrons. The van der Waals surface area contributed by atoms with Gasteiger partial charge in [0.25, 0.3) is 5.56 Å². The number of aromatic nitrogens is 2. The van der Waals surface area contributed by atoms with Crippen LogP contribution in [0.25, 0.3) is 0 Å². The zero-order valence-electron chi connectivity index (χ0n) is 12.5. The highest BCUT2D eigenvalue weighted by Gasteiger charge is 2.09. The quantitative estimate of drug-likeness (QED) is 0.882. The first-order valence-corrected chi connectivity index (χ1v) is 7.12. The molecule has 0 radical (unpaired) electrons. The number of benzene rings is 1. The molecule has 0 fully saturated rings. The van der Waals surface area contributed by atoms with Gasteiger partial charge in [-0.3, -0.25) is 4.79 Å². The number of aryl methyl sites for hydroxylation is 1. The lowest BCUT2D eigenvalue weighted by molar-refractivity contribution is 0.317. The van der Waals surface area contributed by atoms with Crippen LogP contribution < -0.4 is 16.0 Å². The molecule has 5 heteroatoms. The van der Waals surface area contributed by atoms with Gasteiger partial charge < -0.3 is 10.5 Å². The summed E-state index contributed by atoms with van der Waals surface area (Å²) in [4.78, 5) is 11.8. The molecule has 0 saturated heterocycles. The molecule has 0 saturated carbocycles. The van der Waals surface area contributed by atoms with Crippen molar-refractivity contribution in [1.82, 2.24) is 9.78 Å². The Morgan fingerprint density at radius 1 is 1.33 bits per heavy atom. The SMILES string of the molecule is CCCOc1ccc(C(N)Cn2ncc(C)cc2=O)cc1. The average molecular weight is 287 g/mol. The second kappa shape index (κ2) is 7.04. The highest BCUT2D eigenvalue weighted by Crippen LogP contribution is 2.17. The summed E-state index contributed by atoms with van der Waals surface area (Å²) in [5.74, 6) is 0.832. The Labute approximate surface area is 124 Å². The molecule has 0 amide bonds. The van der Waals surface area contributed by atoms with Crippen LogP contribution in [0.3, 0.4) is 0 Å². The Hall–Kier alpha value is -2.14. The molecule has 0 aliphatic carbocycles. The molecular formula is C16H21N3O2. The van der Waals surface area contributed by atoms with Crippen LogP contribution in [-0.4, -0.2) is 16.4 Å². The Morgan fingerprint density at radius 2 is 2.05 bits per heavy atom. The third kappa shape index (κ3) is 4.16. The fourth-order valence-corrected chi connectivity index (χ4v) is 1.98. The summed E-state index contributed by atoms with van der Waals surface area (Å²) < 4.78 is 6.92. The van der Waals surface area contributed by atoms with E-state index in [9.17, 15) is 4.79 Å². The second-order valence-corrected chi connectivity index (χ2v) is 5.08. The molecule has 0 aliphatic heterocycles. The largest absolute Gasteiger partial charge is 0.494 e. The van der Waals surface area contributed by atoms with E-state index in [1.54, 1.807) is 12.3 Å². The molecular weight excluding hydrogens is 266 g/mol. The van der Waals surface area contributed by atoms with Gasteiger partial charge in [-0.1, -0.05) is 19.1 Å². The summed E-state index contributed by atoms with van der Waals surface area (Å²) >= 11 is 0. The van der Waals surface area contributed by atoms with Crippen LogP contribution in [0.4, 0.5) is 0 Å². The van der Waals surface area contributed by atoms with Gasteiger partial charge in [0.1, 0.15) is 5.75 Å². The minimum atomic E-state index is -0.280. The smallest absolute Gasteiger partial charge is 0.267 e. The Balaban J connectivity index is 2.05. The zero-order chi connectivity index (χ0) is 15.2. The fourth-order valence-electron chi connectivity index (χ4n) is 1.98. The van der Waals surface area contributed by atoms with Gasteiger partial charge in [-0.2, -0.15) is 5.10 Å². The first kappa shape index (κ1) is 15.3. The van der Waals surface area contributed by atoms with E-state index in [4.69, 9.17) is 10.5 Å². The molecule has 1 heterocycles. The van der Waals surface area contributed by atoms with Gasteiger partial charge in [-0.25, -0.2) is 4.68 Å². The van der Waals surface area contributed by atoms with Crippen molar-refractivity contribution in [3.05, 3.63) is 58.0 Å². The minimum Gasteiger partial charge on any atom is -0.494 e. The van der Waals surface area contributed by atoms with E-state index in [2.05, 4.69) is 12.0 Å². The normalized spacial score (nSPS) is 12.1. The van der Waals surface area contributed by atoms with Crippen molar-refractivity contribution in [3.63, 3.8) is 0 Å². The minimum absolute atomic E-state index is 0.131. The molecule has 1 aromatic heterocycles. The van der Waals surface area contributed by atoms with Crippen molar-refractivity contribution in [2.75, 3.05) is 6.61 Å². The van der Waals surface area contributed by atoms with Crippen LogP contribution in [0, 0.1) is 6.92 Å². The van der Waals surface area contributed by atoms with Crippen molar-refractivity contribution in [1.29, 1.82) is 0 Å². The van der Waals surface area contributed by atoms with Crippen LogP contribution in [0.5, 0.6) is 5.75 Å². The molecule has 0 bridgehead atoms.